The summed E-state index contributed by atoms with van der Waals surface area (Å²) in [6.45, 7) is 0. The maximum Gasteiger partial charge on any atom is 0.416 e. The zero-order valence-electron chi connectivity index (χ0n) is 14.3. The number of benzene rings is 2. The zero-order valence-corrected chi connectivity index (χ0v) is 14.3. The van der Waals surface area contributed by atoms with Gasteiger partial charge in [-0.25, -0.2) is 4.98 Å². The van der Waals surface area contributed by atoms with Gasteiger partial charge in [0.2, 0.25) is 0 Å². The van der Waals surface area contributed by atoms with Crippen molar-refractivity contribution < 1.29 is 18.0 Å². The highest BCUT2D eigenvalue weighted by Crippen LogP contribution is 2.31. The largest absolute Gasteiger partial charge is 0.416 e. The minimum Gasteiger partial charge on any atom is -0.348 e. The van der Waals surface area contributed by atoms with E-state index in [9.17, 15) is 18.0 Å². The number of ketones is 1. The van der Waals surface area contributed by atoms with Crippen molar-refractivity contribution in [3.63, 3.8) is 0 Å². The topological polar surface area (TPSA) is 71.8 Å². The Morgan fingerprint density at radius 2 is 1.61 bits per heavy atom. The normalized spacial score (nSPS) is 12.3. The fourth-order valence-corrected chi connectivity index (χ4v) is 2.75. The number of carbonyl (C=O) groups is 1. The van der Waals surface area contributed by atoms with Gasteiger partial charge in [0, 0.05) is 24.7 Å². The van der Waals surface area contributed by atoms with Crippen LogP contribution >= 0.6 is 0 Å². The fourth-order valence-electron chi connectivity index (χ4n) is 2.75. The summed E-state index contributed by atoms with van der Waals surface area (Å²) in [6.07, 6.45) is -0.596. The van der Waals surface area contributed by atoms with Crippen molar-refractivity contribution in [1.29, 1.82) is 0 Å². The molecule has 1 heterocycles. The number of hydrogen-bond acceptors (Lipinski definition) is 3. The first-order valence-electron chi connectivity index (χ1n) is 8.35. The molecule has 0 saturated carbocycles. The summed E-state index contributed by atoms with van der Waals surface area (Å²) in [5, 5.41) is 0. The fraction of sp³-hybridized carbons (Fsp3) is 0.238. The number of hydrogen-bond donors (Lipinski definition) is 2. The lowest BCUT2D eigenvalue weighted by molar-refractivity contribution is -0.137. The smallest absolute Gasteiger partial charge is 0.348 e. The van der Waals surface area contributed by atoms with Crippen LogP contribution in [0.1, 0.15) is 24.2 Å². The van der Waals surface area contributed by atoms with Crippen molar-refractivity contribution in [2.45, 2.75) is 32.5 Å². The van der Waals surface area contributed by atoms with E-state index in [-0.39, 0.29) is 19.6 Å². The minimum absolute atomic E-state index is 0. The van der Waals surface area contributed by atoms with Crippen LogP contribution in [0.25, 0.3) is 11.1 Å². The summed E-state index contributed by atoms with van der Waals surface area (Å²) < 4.78 is 37.9. The molecule has 3 N–H and O–H groups in total. The molecule has 0 amide bonds. The van der Waals surface area contributed by atoms with Crippen molar-refractivity contribution >= 4 is 5.78 Å². The Bertz CT molecular complexity index is 886. The van der Waals surface area contributed by atoms with Crippen molar-refractivity contribution in [1.82, 2.24) is 9.97 Å². The molecule has 7 heteroatoms. The third kappa shape index (κ3) is 5.29. The van der Waals surface area contributed by atoms with Gasteiger partial charge in [-0.3, -0.25) is 4.79 Å². The summed E-state index contributed by atoms with van der Waals surface area (Å²) >= 11 is 0. The first-order chi connectivity index (χ1) is 12.8. The monoisotopic (exact) mass is 389 g/mol. The first kappa shape index (κ1) is 21.4. The molecule has 1 aromatic heterocycles. The van der Waals surface area contributed by atoms with Crippen LogP contribution in [0.3, 0.4) is 0 Å². The predicted molar refractivity (Wildman–Crippen MR) is 103 cm³/mol. The van der Waals surface area contributed by atoms with Crippen LogP contribution < -0.4 is 5.73 Å². The Labute approximate surface area is 161 Å². The second-order valence-corrected chi connectivity index (χ2v) is 6.30. The van der Waals surface area contributed by atoms with Crippen LogP contribution in [0, 0.1) is 0 Å². The van der Waals surface area contributed by atoms with E-state index in [1.54, 1.807) is 30.5 Å². The molecular weight excluding hydrogens is 367 g/mol. The van der Waals surface area contributed by atoms with Crippen LogP contribution in [0.4, 0.5) is 13.2 Å². The lowest BCUT2D eigenvalue weighted by Gasteiger charge is -2.10. The highest BCUT2D eigenvalue weighted by molar-refractivity contribution is 5.86. The van der Waals surface area contributed by atoms with Crippen LogP contribution in [0.15, 0.2) is 61.1 Å². The number of H-pyrrole nitrogens is 1. The molecule has 0 aliphatic rings. The van der Waals surface area contributed by atoms with Gasteiger partial charge in [-0.05, 0) is 28.8 Å². The van der Waals surface area contributed by atoms with Gasteiger partial charge >= 0.3 is 6.18 Å². The number of alkyl halides is 3. The van der Waals surface area contributed by atoms with Crippen LogP contribution in [0.5, 0.6) is 0 Å². The molecule has 0 spiro atoms. The van der Waals surface area contributed by atoms with Gasteiger partial charge in [-0.15, -0.1) is 0 Å². The van der Waals surface area contributed by atoms with E-state index in [0.29, 0.717) is 12.0 Å². The summed E-state index contributed by atoms with van der Waals surface area (Å²) in [7, 11) is 0. The molecule has 0 saturated heterocycles. The zero-order chi connectivity index (χ0) is 19.4. The molecule has 3 aromatic rings. The number of aromatic nitrogens is 2. The Hall–Kier alpha value is -2.93. The average molecular weight is 389 g/mol. The molecular formula is C21H22F3N3O. The van der Waals surface area contributed by atoms with E-state index in [1.807, 2.05) is 0 Å². The summed E-state index contributed by atoms with van der Waals surface area (Å²) in [5.74, 6) is -0.0909. The van der Waals surface area contributed by atoms with Gasteiger partial charge in [0.05, 0.1) is 17.9 Å². The van der Waals surface area contributed by atoms with Crippen LogP contribution in [-0.2, 0) is 23.8 Å². The number of rotatable bonds is 6. The lowest BCUT2D eigenvalue weighted by Crippen LogP contribution is -2.34. The molecule has 28 heavy (non-hydrogen) atoms. The molecule has 0 aliphatic carbocycles. The summed E-state index contributed by atoms with van der Waals surface area (Å²) in [5.41, 5.74) is 8.31. The molecule has 148 valence electrons. The number of nitrogens with zero attached hydrogens (tertiary/aromatic N) is 1. The highest BCUT2D eigenvalue weighted by atomic mass is 19.4. The number of Topliss-reactive ketones (excluding diaryl/α,β-unsaturated/α-hetero) is 1. The number of imidazole rings is 1. The maximum absolute atomic E-state index is 12.6. The Morgan fingerprint density at radius 3 is 2.11 bits per heavy atom. The molecule has 0 bridgehead atoms. The molecule has 0 unspecified atom stereocenters. The second-order valence-electron chi connectivity index (χ2n) is 6.30. The molecule has 1 atom stereocenters. The van der Waals surface area contributed by atoms with Gasteiger partial charge in [0.25, 0.3) is 0 Å². The van der Waals surface area contributed by atoms with Gasteiger partial charge < -0.3 is 10.7 Å². The third-order valence-electron chi connectivity index (χ3n) is 4.29. The molecule has 0 fully saturated rings. The van der Waals surface area contributed by atoms with E-state index in [0.717, 1.165) is 29.0 Å². The molecule has 3 rings (SSSR count). The molecule has 0 aliphatic heterocycles. The number of halogens is 3. The maximum atomic E-state index is 12.6. The molecule has 4 nitrogen and oxygen atoms in total. The molecule has 2 aromatic carbocycles. The number of carbonyl (C=O) groups excluding carboxylic acids is 1. The van der Waals surface area contributed by atoms with Crippen molar-refractivity contribution in [3.05, 3.63) is 77.9 Å². The lowest BCUT2D eigenvalue weighted by atomic mass is 9.98. The van der Waals surface area contributed by atoms with Crippen molar-refractivity contribution in [2.75, 3.05) is 0 Å². The Kier molecular flexibility index (Phi) is 6.75. The van der Waals surface area contributed by atoms with Gasteiger partial charge in [-0.2, -0.15) is 13.2 Å². The molecule has 0 radical (unpaired) electrons. The van der Waals surface area contributed by atoms with E-state index in [2.05, 4.69) is 9.97 Å². The van der Waals surface area contributed by atoms with Crippen molar-refractivity contribution in [3.8, 4) is 11.1 Å². The standard InChI is InChI=1S/C20H18F3N3O.CH4/c21-20(22,23)16-7-5-15(6-8-16)14-3-1-13(2-4-14)9-19(27)18(24)10-17-11-25-12-26-17;/h1-8,11-12,18H,9-10,24H2,(H,25,26);1H4/t18-;/m0./s1. The highest BCUT2D eigenvalue weighted by Gasteiger charge is 2.29. The first-order valence-corrected chi connectivity index (χ1v) is 8.35. The predicted octanol–water partition coefficient (Wildman–Crippen LogP) is 4.41. The Morgan fingerprint density at radius 1 is 1.04 bits per heavy atom. The minimum atomic E-state index is -4.35. The number of aromatic amines is 1. The quantitative estimate of drug-likeness (QED) is 0.656. The van der Waals surface area contributed by atoms with Crippen molar-refractivity contribution in [2.24, 2.45) is 5.73 Å². The summed E-state index contributed by atoms with van der Waals surface area (Å²) in [6, 6.07) is 11.5. The second kappa shape index (κ2) is 8.84. The van der Waals surface area contributed by atoms with E-state index >= 15 is 0 Å². The van der Waals surface area contributed by atoms with E-state index < -0.39 is 17.8 Å². The van der Waals surface area contributed by atoms with E-state index in [4.69, 9.17) is 5.73 Å². The SMILES string of the molecule is C.N[C@@H](Cc1cnc[nH]1)C(=O)Cc1ccc(-c2ccc(C(F)(F)F)cc2)cc1. The Balaban J connectivity index is 0.00000280. The average Bonchev–Trinajstić information content (AvgIpc) is 3.15. The summed E-state index contributed by atoms with van der Waals surface area (Å²) in [4.78, 5) is 19.1. The van der Waals surface area contributed by atoms with E-state index in [1.165, 1.54) is 18.5 Å². The number of nitrogens with one attached hydrogen (secondary N) is 1. The van der Waals surface area contributed by atoms with Gasteiger partial charge in [0.15, 0.2) is 5.78 Å². The third-order valence-corrected chi connectivity index (χ3v) is 4.29. The van der Waals surface area contributed by atoms with Crippen LogP contribution in [-0.4, -0.2) is 21.8 Å². The number of nitrogens with two attached hydrogens (primary N) is 1. The van der Waals surface area contributed by atoms with Gasteiger partial charge in [0.1, 0.15) is 0 Å². The van der Waals surface area contributed by atoms with Gasteiger partial charge in [-0.1, -0.05) is 43.8 Å². The van der Waals surface area contributed by atoms with Crippen LogP contribution in [0.2, 0.25) is 0 Å².